The van der Waals surface area contributed by atoms with Crippen LogP contribution in [0.3, 0.4) is 0 Å². The van der Waals surface area contributed by atoms with Crippen LogP contribution in [-0.2, 0) is 0 Å². The summed E-state index contributed by atoms with van der Waals surface area (Å²) >= 11 is 3.29. The Morgan fingerprint density at radius 1 is 1.27 bits per heavy atom. The zero-order valence-electron chi connectivity index (χ0n) is 8.02. The molecule has 0 atom stereocenters. The molecule has 0 fully saturated rings. The molecule has 2 rings (SSSR count). The zero-order chi connectivity index (χ0) is 10.5. The summed E-state index contributed by atoms with van der Waals surface area (Å²) in [4.78, 5) is 0. The molecule has 1 heterocycles. The van der Waals surface area contributed by atoms with Crippen LogP contribution < -0.4 is 4.74 Å². The fourth-order valence-electron chi connectivity index (χ4n) is 1.27. The first-order chi connectivity index (χ1) is 7.42. The predicted octanol–water partition coefficient (Wildman–Crippen LogP) is 3.12. The van der Waals surface area contributed by atoms with Crippen molar-refractivity contribution in [2.45, 2.75) is 0 Å². The van der Waals surface area contributed by atoms with Crippen LogP contribution in [0, 0.1) is 0 Å². The van der Waals surface area contributed by atoms with Crippen molar-refractivity contribution < 1.29 is 9.26 Å². The van der Waals surface area contributed by atoms with Crippen LogP contribution in [0.15, 0.2) is 41.1 Å². The van der Waals surface area contributed by atoms with Crippen LogP contribution in [0.4, 0.5) is 0 Å². The second-order valence-corrected chi connectivity index (χ2v) is 3.72. The van der Waals surface area contributed by atoms with E-state index in [9.17, 15) is 0 Å². The van der Waals surface area contributed by atoms with Crippen molar-refractivity contribution in [3.63, 3.8) is 0 Å². The molecule has 0 saturated heterocycles. The number of rotatable bonds is 4. The molecular weight excluding hydrogens is 258 g/mol. The van der Waals surface area contributed by atoms with Crippen molar-refractivity contribution in [3.05, 3.63) is 36.5 Å². The number of halogens is 1. The summed E-state index contributed by atoms with van der Waals surface area (Å²) in [6.07, 6.45) is 1.67. The highest BCUT2D eigenvalue weighted by Crippen LogP contribution is 2.29. The third kappa shape index (κ3) is 2.39. The summed E-state index contributed by atoms with van der Waals surface area (Å²) in [6, 6.07) is 9.89. The summed E-state index contributed by atoms with van der Waals surface area (Å²) in [5, 5.41) is 4.50. The van der Waals surface area contributed by atoms with Crippen LogP contribution in [-0.4, -0.2) is 17.1 Å². The number of benzene rings is 1. The van der Waals surface area contributed by atoms with Gasteiger partial charge < -0.3 is 9.26 Å². The number of hydrogen-bond acceptors (Lipinski definition) is 3. The average Bonchev–Trinajstić information content (AvgIpc) is 2.75. The van der Waals surface area contributed by atoms with E-state index in [-0.39, 0.29) is 0 Å². The Balaban J connectivity index is 2.25. The van der Waals surface area contributed by atoms with E-state index in [1.54, 1.807) is 6.20 Å². The molecule has 1 aromatic heterocycles. The lowest BCUT2D eigenvalue weighted by Crippen LogP contribution is -1.97. The van der Waals surface area contributed by atoms with Gasteiger partial charge in [0.1, 0.15) is 6.61 Å². The van der Waals surface area contributed by atoms with Crippen molar-refractivity contribution >= 4 is 15.9 Å². The molecule has 15 heavy (non-hydrogen) atoms. The number of ether oxygens (including phenoxy) is 1. The van der Waals surface area contributed by atoms with E-state index in [0.717, 1.165) is 16.5 Å². The van der Waals surface area contributed by atoms with Gasteiger partial charge in [-0.2, -0.15) is 0 Å². The second-order valence-electron chi connectivity index (χ2n) is 2.93. The minimum atomic E-state index is 0.473. The van der Waals surface area contributed by atoms with Gasteiger partial charge in [0.15, 0.2) is 0 Å². The van der Waals surface area contributed by atoms with Crippen molar-refractivity contribution in [1.82, 2.24) is 5.16 Å². The Morgan fingerprint density at radius 3 is 2.80 bits per heavy atom. The Kier molecular flexibility index (Phi) is 3.40. The molecule has 0 aliphatic rings. The molecule has 2 aromatic rings. The number of hydrogen-bond donors (Lipinski definition) is 0. The van der Waals surface area contributed by atoms with Crippen LogP contribution in [0.25, 0.3) is 11.1 Å². The van der Waals surface area contributed by atoms with E-state index in [1.807, 2.05) is 30.3 Å². The van der Waals surface area contributed by atoms with E-state index >= 15 is 0 Å². The van der Waals surface area contributed by atoms with Gasteiger partial charge in [0.05, 0.1) is 11.8 Å². The molecule has 1 aromatic carbocycles. The molecule has 0 amide bonds. The lowest BCUT2D eigenvalue weighted by molar-refractivity contribution is 0.229. The van der Waals surface area contributed by atoms with Crippen molar-refractivity contribution in [2.75, 3.05) is 11.9 Å². The minimum absolute atomic E-state index is 0.473. The summed E-state index contributed by atoms with van der Waals surface area (Å²) in [5.74, 6) is 0.473. The van der Waals surface area contributed by atoms with Crippen LogP contribution >= 0.6 is 15.9 Å². The monoisotopic (exact) mass is 267 g/mol. The summed E-state index contributed by atoms with van der Waals surface area (Å²) in [5.41, 5.74) is 1.93. The molecule has 0 N–H and O–H groups in total. The lowest BCUT2D eigenvalue weighted by atomic mass is 10.1. The molecule has 3 nitrogen and oxygen atoms in total. The average molecular weight is 268 g/mol. The molecule has 0 unspecified atom stereocenters. The molecule has 0 bridgehead atoms. The van der Waals surface area contributed by atoms with Gasteiger partial charge in [-0.15, -0.1) is 0 Å². The van der Waals surface area contributed by atoms with Crippen molar-refractivity contribution in [2.24, 2.45) is 0 Å². The first-order valence-corrected chi connectivity index (χ1v) is 5.73. The molecule has 78 valence electrons. The summed E-state index contributed by atoms with van der Waals surface area (Å²) in [7, 11) is 0. The number of alkyl halides is 1. The smallest absolute Gasteiger partial charge is 0.319 e. The molecule has 0 aliphatic carbocycles. The first-order valence-electron chi connectivity index (χ1n) is 4.60. The lowest BCUT2D eigenvalue weighted by Gasteiger charge is -2.01. The Labute approximate surface area is 96.2 Å². The standard InChI is InChI=1S/C11H10BrNO2/c12-6-7-14-11-10(8-13-15-11)9-4-2-1-3-5-9/h1-5,8H,6-7H2. The van der Waals surface area contributed by atoms with Gasteiger partial charge in [0.25, 0.3) is 0 Å². The first kappa shape index (κ1) is 10.2. The fourth-order valence-corrected chi connectivity index (χ4v) is 1.44. The summed E-state index contributed by atoms with van der Waals surface area (Å²) < 4.78 is 10.4. The van der Waals surface area contributed by atoms with Crippen LogP contribution in [0.1, 0.15) is 0 Å². The van der Waals surface area contributed by atoms with Gasteiger partial charge in [0, 0.05) is 5.33 Å². The highest BCUT2D eigenvalue weighted by Gasteiger charge is 2.10. The Bertz CT molecular complexity index is 414. The van der Waals surface area contributed by atoms with Gasteiger partial charge in [0.2, 0.25) is 0 Å². The summed E-state index contributed by atoms with van der Waals surface area (Å²) in [6.45, 7) is 0.565. The molecule has 0 saturated carbocycles. The van der Waals surface area contributed by atoms with E-state index < -0.39 is 0 Å². The largest absolute Gasteiger partial charge is 0.462 e. The number of aromatic nitrogens is 1. The maximum atomic E-state index is 5.40. The zero-order valence-corrected chi connectivity index (χ0v) is 9.61. The van der Waals surface area contributed by atoms with E-state index in [2.05, 4.69) is 21.1 Å². The maximum Gasteiger partial charge on any atom is 0.319 e. The van der Waals surface area contributed by atoms with Gasteiger partial charge in [-0.25, -0.2) is 0 Å². The molecule has 0 spiro atoms. The third-order valence-corrected chi connectivity index (χ3v) is 2.26. The van der Waals surface area contributed by atoms with E-state index in [1.165, 1.54) is 0 Å². The van der Waals surface area contributed by atoms with Crippen molar-refractivity contribution in [1.29, 1.82) is 0 Å². The molecule has 0 radical (unpaired) electrons. The Morgan fingerprint density at radius 2 is 2.07 bits per heavy atom. The molecular formula is C11H10BrNO2. The normalized spacial score (nSPS) is 10.2. The SMILES string of the molecule is BrCCOc1oncc1-c1ccccc1. The predicted molar refractivity (Wildman–Crippen MR) is 61.2 cm³/mol. The number of nitrogens with zero attached hydrogens (tertiary/aromatic N) is 1. The van der Waals surface area contributed by atoms with E-state index in [0.29, 0.717) is 12.6 Å². The second kappa shape index (κ2) is 4.98. The quantitative estimate of drug-likeness (QED) is 0.799. The molecule has 0 aliphatic heterocycles. The van der Waals surface area contributed by atoms with Crippen LogP contribution in [0.5, 0.6) is 5.95 Å². The van der Waals surface area contributed by atoms with Gasteiger partial charge >= 0.3 is 5.95 Å². The fraction of sp³-hybridized carbons (Fsp3) is 0.182. The van der Waals surface area contributed by atoms with Gasteiger partial charge in [-0.3, -0.25) is 0 Å². The minimum Gasteiger partial charge on any atom is -0.462 e. The van der Waals surface area contributed by atoms with Gasteiger partial charge in [-0.05, 0) is 5.56 Å². The highest BCUT2D eigenvalue weighted by atomic mass is 79.9. The van der Waals surface area contributed by atoms with Crippen molar-refractivity contribution in [3.8, 4) is 17.1 Å². The van der Waals surface area contributed by atoms with E-state index in [4.69, 9.17) is 9.26 Å². The highest BCUT2D eigenvalue weighted by molar-refractivity contribution is 9.09. The maximum absolute atomic E-state index is 5.40. The Hall–Kier alpha value is -1.29. The van der Waals surface area contributed by atoms with Gasteiger partial charge in [-0.1, -0.05) is 51.4 Å². The third-order valence-electron chi connectivity index (χ3n) is 1.93. The topological polar surface area (TPSA) is 35.3 Å². The van der Waals surface area contributed by atoms with Crippen LogP contribution in [0.2, 0.25) is 0 Å². The molecule has 4 heteroatoms.